The third-order valence-corrected chi connectivity index (χ3v) is 5.41. The molecule has 1 heterocycles. The highest BCUT2D eigenvalue weighted by Gasteiger charge is 2.25. The van der Waals surface area contributed by atoms with Crippen molar-refractivity contribution in [1.82, 2.24) is 9.47 Å². The zero-order valence-corrected chi connectivity index (χ0v) is 19.1. The van der Waals surface area contributed by atoms with E-state index in [4.69, 9.17) is 4.99 Å². The third-order valence-electron chi connectivity index (χ3n) is 5.41. The number of hydrogen-bond donors (Lipinski definition) is 1. The lowest BCUT2D eigenvalue weighted by atomic mass is 10.0. The third kappa shape index (κ3) is 4.44. The molecule has 0 radical (unpaired) electrons. The average molecular weight is 457 g/mol. The van der Waals surface area contributed by atoms with Gasteiger partial charge in [-0.05, 0) is 37.9 Å². The monoisotopic (exact) mass is 456 g/mol. The molecule has 0 bridgehead atoms. The second kappa shape index (κ2) is 9.29. The zero-order chi connectivity index (χ0) is 24.4. The largest absolute Gasteiger partial charge is 0.494 e. The zero-order valence-electron chi connectivity index (χ0n) is 19.1. The van der Waals surface area contributed by atoms with Crippen molar-refractivity contribution in [3.05, 3.63) is 99.6 Å². The first-order chi connectivity index (χ1) is 16.3. The number of nitro groups is 1. The van der Waals surface area contributed by atoms with Gasteiger partial charge < -0.3 is 10.0 Å². The summed E-state index contributed by atoms with van der Waals surface area (Å²) in [5.41, 5.74) is 3.41. The molecule has 0 aliphatic heterocycles. The van der Waals surface area contributed by atoms with Crippen molar-refractivity contribution < 1.29 is 14.8 Å². The van der Waals surface area contributed by atoms with Crippen LogP contribution in [0.4, 0.5) is 11.4 Å². The summed E-state index contributed by atoms with van der Waals surface area (Å²) in [5, 5.41) is 23.0. The number of aromatic hydroxyl groups is 1. The molecular formula is C26H24N4O4. The van der Waals surface area contributed by atoms with E-state index in [0.717, 1.165) is 22.2 Å². The Morgan fingerprint density at radius 1 is 1.06 bits per heavy atom. The number of fused-ring (bicyclic) bond motifs is 1. The van der Waals surface area contributed by atoms with Crippen molar-refractivity contribution in [1.29, 1.82) is 0 Å². The molecule has 0 aliphatic rings. The molecule has 0 saturated heterocycles. The van der Waals surface area contributed by atoms with Crippen molar-refractivity contribution in [2.45, 2.75) is 13.5 Å². The minimum atomic E-state index is -0.533. The minimum Gasteiger partial charge on any atom is -0.494 e. The van der Waals surface area contributed by atoms with Gasteiger partial charge in [-0.15, -0.1) is 0 Å². The predicted molar refractivity (Wildman–Crippen MR) is 132 cm³/mol. The Labute approximate surface area is 196 Å². The van der Waals surface area contributed by atoms with Crippen LogP contribution < -0.4 is 0 Å². The highest BCUT2D eigenvalue weighted by Crippen LogP contribution is 2.36. The number of aromatic nitrogens is 1. The highest BCUT2D eigenvalue weighted by atomic mass is 16.6. The van der Waals surface area contributed by atoms with E-state index < -0.39 is 10.8 Å². The van der Waals surface area contributed by atoms with Crippen LogP contribution in [0.25, 0.3) is 10.9 Å². The van der Waals surface area contributed by atoms with Gasteiger partial charge >= 0.3 is 0 Å². The van der Waals surface area contributed by atoms with Gasteiger partial charge in [0.25, 0.3) is 5.69 Å². The second-order valence-corrected chi connectivity index (χ2v) is 8.24. The van der Waals surface area contributed by atoms with E-state index in [1.807, 2.05) is 68.7 Å². The maximum absolute atomic E-state index is 12.4. The fourth-order valence-corrected chi connectivity index (χ4v) is 3.96. The van der Waals surface area contributed by atoms with Crippen molar-refractivity contribution in [2.75, 3.05) is 14.1 Å². The van der Waals surface area contributed by atoms with E-state index >= 15 is 0 Å². The molecule has 1 aromatic heterocycles. The molecule has 0 aliphatic carbocycles. The molecule has 0 fully saturated rings. The molecule has 0 saturated carbocycles. The number of nitro benzene ring substituents is 1. The quantitative estimate of drug-likeness (QED) is 0.246. The molecule has 172 valence electrons. The van der Waals surface area contributed by atoms with Crippen molar-refractivity contribution in [3.8, 4) is 5.88 Å². The van der Waals surface area contributed by atoms with E-state index in [9.17, 15) is 20.0 Å². The first-order valence-electron chi connectivity index (χ1n) is 10.7. The summed E-state index contributed by atoms with van der Waals surface area (Å²) >= 11 is 0. The van der Waals surface area contributed by atoms with Gasteiger partial charge in [0.05, 0.1) is 27.4 Å². The molecular weight excluding hydrogens is 432 g/mol. The van der Waals surface area contributed by atoms with E-state index in [-0.39, 0.29) is 17.1 Å². The molecule has 8 nitrogen and oxygen atoms in total. The molecule has 4 rings (SSSR count). The Balaban J connectivity index is 1.97. The maximum Gasteiger partial charge on any atom is 0.271 e. The second-order valence-electron chi connectivity index (χ2n) is 8.24. The van der Waals surface area contributed by atoms with Gasteiger partial charge in [0.15, 0.2) is 0 Å². The lowest BCUT2D eigenvalue weighted by Crippen LogP contribution is -2.10. The van der Waals surface area contributed by atoms with E-state index in [0.29, 0.717) is 22.3 Å². The summed E-state index contributed by atoms with van der Waals surface area (Å²) in [6, 6.07) is 21.3. The predicted octanol–water partition coefficient (Wildman–Crippen LogP) is 5.15. The van der Waals surface area contributed by atoms with Crippen LogP contribution in [0.1, 0.15) is 28.4 Å². The molecule has 0 amide bonds. The number of rotatable bonds is 6. The number of carbonyl (C=O) groups excluding carboxylic acids is 1. The minimum absolute atomic E-state index is 0.172. The maximum atomic E-state index is 12.4. The van der Waals surface area contributed by atoms with E-state index in [1.165, 1.54) is 19.1 Å². The van der Waals surface area contributed by atoms with Crippen molar-refractivity contribution in [3.63, 3.8) is 0 Å². The average Bonchev–Trinajstić information content (AvgIpc) is 3.09. The molecule has 8 heteroatoms. The van der Waals surface area contributed by atoms with Crippen LogP contribution in [-0.2, 0) is 6.54 Å². The SMILES string of the molecule is CC(=O)n1c(O)c(C(=Nc2ccc(CN(C)C)cc2)c2ccccc2)c2ccc([N+](=O)[O-])cc21. The lowest BCUT2D eigenvalue weighted by molar-refractivity contribution is -0.384. The molecule has 0 atom stereocenters. The smallest absolute Gasteiger partial charge is 0.271 e. The lowest BCUT2D eigenvalue weighted by Gasteiger charge is -2.10. The van der Waals surface area contributed by atoms with Gasteiger partial charge in [-0.3, -0.25) is 14.9 Å². The number of nitrogens with zero attached hydrogens (tertiary/aromatic N) is 4. The van der Waals surface area contributed by atoms with Crippen LogP contribution in [0.3, 0.4) is 0 Å². The first kappa shape index (κ1) is 22.9. The Bertz CT molecular complexity index is 1400. The van der Waals surface area contributed by atoms with Crippen molar-refractivity contribution in [2.24, 2.45) is 4.99 Å². The van der Waals surface area contributed by atoms with Gasteiger partial charge in [0.2, 0.25) is 11.8 Å². The number of carbonyl (C=O) groups is 1. The van der Waals surface area contributed by atoms with Gasteiger partial charge in [0, 0.05) is 36.6 Å². The number of aliphatic imine (C=N–C) groups is 1. The Kier molecular flexibility index (Phi) is 6.25. The number of non-ortho nitro benzene ring substituents is 1. The van der Waals surface area contributed by atoms with Crippen LogP contribution >= 0.6 is 0 Å². The normalized spacial score (nSPS) is 11.8. The summed E-state index contributed by atoms with van der Waals surface area (Å²) in [5.74, 6) is -0.774. The molecule has 34 heavy (non-hydrogen) atoms. The summed E-state index contributed by atoms with van der Waals surface area (Å²) in [6.07, 6.45) is 0. The van der Waals surface area contributed by atoms with Crippen LogP contribution in [0, 0.1) is 10.1 Å². The molecule has 1 N–H and O–H groups in total. The molecule has 3 aromatic carbocycles. The number of hydrogen-bond acceptors (Lipinski definition) is 6. The highest BCUT2D eigenvalue weighted by molar-refractivity contribution is 6.23. The molecule has 0 spiro atoms. The number of benzene rings is 3. The van der Waals surface area contributed by atoms with E-state index in [2.05, 4.69) is 4.90 Å². The topological polar surface area (TPSA) is 101 Å². The van der Waals surface area contributed by atoms with Crippen LogP contribution in [0.15, 0.2) is 77.8 Å². The summed E-state index contributed by atoms with van der Waals surface area (Å²) in [7, 11) is 3.99. The molecule has 0 unspecified atom stereocenters. The molecule has 4 aromatic rings. The standard InChI is InChI=1S/C26H24N4O4/c1-17(31)29-23-15-21(30(33)34)13-14-22(23)24(26(29)32)25(19-7-5-4-6-8-19)27-20-11-9-18(10-12-20)16-28(2)3/h4-15,32H,16H2,1-3H3. The van der Waals surface area contributed by atoms with Crippen LogP contribution in [0.2, 0.25) is 0 Å². The summed E-state index contributed by atoms with van der Waals surface area (Å²) < 4.78 is 1.08. The van der Waals surface area contributed by atoms with E-state index in [1.54, 1.807) is 6.07 Å². The fraction of sp³-hybridized carbons (Fsp3) is 0.154. The van der Waals surface area contributed by atoms with Gasteiger partial charge in [0.1, 0.15) is 0 Å². The van der Waals surface area contributed by atoms with Crippen molar-refractivity contribution >= 4 is 33.9 Å². The van der Waals surface area contributed by atoms with Crippen LogP contribution in [0.5, 0.6) is 5.88 Å². The van der Waals surface area contributed by atoms with Gasteiger partial charge in [-0.2, -0.15) is 0 Å². The first-order valence-corrected chi connectivity index (χ1v) is 10.7. The Morgan fingerprint density at radius 2 is 1.74 bits per heavy atom. The fourth-order valence-electron chi connectivity index (χ4n) is 3.96. The van der Waals surface area contributed by atoms with Gasteiger partial charge in [-0.25, -0.2) is 9.56 Å². The van der Waals surface area contributed by atoms with Gasteiger partial charge in [-0.1, -0.05) is 42.5 Å². The Morgan fingerprint density at radius 3 is 2.32 bits per heavy atom. The summed E-state index contributed by atoms with van der Waals surface area (Å²) in [6.45, 7) is 2.09. The summed E-state index contributed by atoms with van der Waals surface area (Å²) in [4.78, 5) is 30.1. The Hall–Kier alpha value is -4.30. The van der Waals surface area contributed by atoms with Crippen LogP contribution in [-0.4, -0.2) is 45.2 Å².